The first-order chi connectivity index (χ1) is 17.6. The third-order valence-electron chi connectivity index (χ3n) is 5.36. The molecule has 4 N–H and O–H groups in total. The second kappa shape index (κ2) is 15.2. The van der Waals surface area contributed by atoms with E-state index in [4.69, 9.17) is 18.8 Å². The van der Waals surface area contributed by atoms with Crippen molar-refractivity contribution in [3.63, 3.8) is 0 Å². The van der Waals surface area contributed by atoms with Gasteiger partial charge in [-0.1, -0.05) is 19.3 Å². The molecule has 2 rings (SSSR count). The Morgan fingerprint density at radius 1 is 0.676 bits per heavy atom. The Balaban J connectivity index is 1.61. The van der Waals surface area contributed by atoms with E-state index < -0.39 is 15.2 Å². The first-order valence-corrected chi connectivity index (χ1v) is 15.5. The Labute approximate surface area is 217 Å². The van der Waals surface area contributed by atoms with Crippen LogP contribution in [0.3, 0.4) is 0 Å². The van der Waals surface area contributed by atoms with Crippen LogP contribution in [-0.2, 0) is 27.8 Å². The third kappa shape index (κ3) is 10.9. The number of hydrogen-bond donors (Lipinski definition) is 4. The number of carbonyl (C=O) groups is 2. The Bertz CT molecular complexity index is 1090. The maximum atomic E-state index is 12.8. The highest BCUT2D eigenvalue weighted by molar-refractivity contribution is 7.62. The topological polar surface area (TPSA) is 151 Å². The van der Waals surface area contributed by atoms with Gasteiger partial charge in [-0.3, -0.25) is 18.7 Å². The number of hydrogen-bond acceptors (Lipinski definition) is 6. The number of anilines is 2. The van der Waals surface area contributed by atoms with Crippen molar-refractivity contribution in [3.05, 3.63) is 48.5 Å². The maximum Gasteiger partial charge on any atom is 0.361 e. The molecule has 0 spiro atoms. The van der Waals surface area contributed by atoms with Gasteiger partial charge in [-0.2, -0.15) is 0 Å². The summed E-state index contributed by atoms with van der Waals surface area (Å²) in [4.78, 5) is 42.5. The molecule has 2 aromatic carbocycles. The molecular weight excluding hydrogens is 518 g/mol. The highest BCUT2D eigenvalue weighted by Gasteiger charge is 2.26. The molecule has 0 heterocycles. The smallest absolute Gasteiger partial charge is 0.326 e. The van der Waals surface area contributed by atoms with Gasteiger partial charge in [0.2, 0.25) is 11.8 Å². The van der Waals surface area contributed by atoms with Crippen LogP contribution in [0.2, 0.25) is 0 Å². The van der Waals surface area contributed by atoms with Crippen LogP contribution in [0.25, 0.3) is 0 Å². The van der Waals surface area contributed by atoms with Crippen molar-refractivity contribution < 1.29 is 37.6 Å². The molecule has 0 fully saturated rings. The summed E-state index contributed by atoms with van der Waals surface area (Å²) in [5.74, 6) is -0.261. The average Bonchev–Trinajstić information content (AvgIpc) is 2.84. The molecule has 12 heteroatoms. The lowest BCUT2D eigenvalue weighted by molar-refractivity contribution is -0.117. The van der Waals surface area contributed by atoms with Gasteiger partial charge in [0.15, 0.2) is 0 Å². The molecule has 2 amide bonds. The number of unbranched alkanes of at least 4 members (excludes halogenated alkanes) is 4. The minimum atomic E-state index is -4.30. The van der Waals surface area contributed by atoms with Gasteiger partial charge in [-0.15, -0.1) is 0 Å². The summed E-state index contributed by atoms with van der Waals surface area (Å²) < 4.78 is 34.6. The van der Waals surface area contributed by atoms with Crippen LogP contribution in [0.1, 0.15) is 58.8 Å². The van der Waals surface area contributed by atoms with E-state index in [0.29, 0.717) is 35.9 Å². The van der Waals surface area contributed by atoms with Gasteiger partial charge in [-0.05, 0) is 75.2 Å². The maximum absolute atomic E-state index is 12.8. The van der Waals surface area contributed by atoms with Crippen molar-refractivity contribution in [2.24, 2.45) is 0 Å². The quantitative estimate of drug-likeness (QED) is 0.172. The molecule has 0 saturated heterocycles. The Hall–Kier alpha value is -2.32. The second-order valence-corrected chi connectivity index (χ2v) is 12.0. The molecule has 0 atom stereocenters. The molecule has 10 nitrogen and oxygen atoms in total. The molecule has 2 aromatic rings. The zero-order valence-electron chi connectivity index (χ0n) is 21.2. The van der Waals surface area contributed by atoms with Crippen LogP contribution >= 0.6 is 15.2 Å². The van der Waals surface area contributed by atoms with E-state index in [1.54, 1.807) is 38.1 Å². The molecule has 0 bridgehead atoms. The average molecular weight is 555 g/mol. The Morgan fingerprint density at radius 2 is 1.05 bits per heavy atom. The van der Waals surface area contributed by atoms with Crippen molar-refractivity contribution in [2.75, 3.05) is 23.8 Å². The van der Waals surface area contributed by atoms with E-state index in [0.717, 1.165) is 25.7 Å². The molecule has 204 valence electrons. The monoisotopic (exact) mass is 554 g/mol. The summed E-state index contributed by atoms with van der Waals surface area (Å²) in [5, 5.41) is 5.89. The van der Waals surface area contributed by atoms with Crippen LogP contribution in [-0.4, -0.2) is 34.8 Å². The van der Waals surface area contributed by atoms with Gasteiger partial charge in [0, 0.05) is 24.2 Å². The fourth-order valence-corrected chi connectivity index (χ4v) is 5.65. The van der Waals surface area contributed by atoms with Crippen molar-refractivity contribution in [1.29, 1.82) is 0 Å². The van der Waals surface area contributed by atoms with Gasteiger partial charge in [0.1, 0.15) is 0 Å². The van der Waals surface area contributed by atoms with Crippen LogP contribution in [0.4, 0.5) is 11.4 Å². The molecule has 0 saturated carbocycles. The number of rotatable bonds is 16. The van der Waals surface area contributed by atoms with E-state index in [9.17, 15) is 18.7 Å². The highest BCUT2D eigenvalue weighted by Crippen LogP contribution is 2.46. The van der Waals surface area contributed by atoms with Gasteiger partial charge >= 0.3 is 15.2 Å². The lowest BCUT2D eigenvalue weighted by Gasteiger charge is -2.17. The highest BCUT2D eigenvalue weighted by atomic mass is 31.2. The largest absolute Gasteiger partial charge is 0.361 e. The predicted octanol–water partition coefficient (Wildman–Crippen LogP) is 4.69. The van der Waals surface area contributed by atoms with Crippen molar-refractivity contribution in [3.8, 4) is 0 Å². The predicted molar refractivity (Wildman–Crippen MR) is 145 cm³/mol. The van der Waals surface area contributed by atoms with Crippen LogP contribution in [0.5, 0.6) is 0 Å². The number of carbonyl (C=O) groups excluding carboxylic acids is 2. The third-order valence-corrected chi connectivity index (χ3v) is 8.46. The van der Waals surface area contributed by atoms with Crippen LogP contribution in [0, 0.1) is 0 Å². The summed E-state index contributed by atoms with van der Waals surface area (Å²) in [5.41, 5.74) is 1.09. The first kappa shape index (κ1) is 30.9. The van der Waals surface area contributed by atoms with E-state index >= 15 is 0 Å². The van der Waals surface area contributed by atoms with Gasteiger partial charge in [0.25, 0.3) is 0 Å². The van der Waals surface area contributed by atoms with E-state index in [2.05, 4.69) is 10.6 Å². The van der Waals surface area contributed by atoms with Gasteiger partial charge in [-0.25, -0.2) is 0 Å². The molecule has 0 aliphatic rings. The molecule has 0 aliphatic heterocycles. The number of nitrogens with one attached hydrogen (secondary N) is 2. The number of benzene rings is 2. The normalized spacial score (nSPS) is 11.8. The SMILES string of the molecule is CCOP(=O)(OCC)c1ccc(NC(=O)CCCCCCCC(=O)Nc2ccc(P(=O)(O)O)cc2)cc1. The van der Waals surface area contributed by atoms with Crippen molar-refractivity contribution in [1.82, 2.24) is 0 Å². The van der Waals surface area contributed by atoms with Crippen LogP contribution < -0.4 is 21.2 Å². The zero-order valence-corrected chi connectivity index (χ0v) is 23.0. The molecule has 0 unspecified atom stereocenters. The molecule has 0 aliphatic carbocycles. The molecular formula is C25H36N2O8P2. The number of amides is 2. The molecule has 0 radical (unpaired) electrons. The van der Waals surface area contributed by atoms with E-state index in [-0.39, 0.29) is 30.3 Å². The zero-order chi connectivity index (χ0) is 27.3. The first-order valence-electron chi connectivity index (χ1n) is 12.3. The summed E-state index contributed by atoms with van der Waals surface area (Å²) in [6.45, 7) is 4.03. The lowest BCUT2D eigenvalue weighted by Crippen LogP contribution is -2.13. The minimum Gasteiger partial charge on any atom is -0.326 e. The summed E-state index contributed by atoms with van der Waals surface area (Å²) in [6.07, 6.45) is 4.77. The van der Waals surface area contributed by atoms with Gasteiger partial charge in [0.05, 0.1) is 23.8 Å². The summed E-state index contributed by atoms with van der Waals surface area (Å²) >= 11 is 0. The Morgan fingerprint density at radius 3 is 1.43 bits per heavy atom. The van der Waals surface area contributed by atoms with E-state index in [1.807, 2.05) is 0 Å². The molecule has 37 heavy (non-hydrogen) atoms. The standard InChI is InChI=1S/C25H36N2O8P2/c1-3-34-37(33,35-4-2)23-18-14-21(15-19-23)27-25(29)11-9-7-5-6-8-10-24(28)26-20-12-16-22(17-13-20)36(30,31)32/h12-19H,3-11H2,1-2H3,(H,26,28)(H,27,29)(H2,30,31,32). The fourth-order valence-electron chi connectivity index (χ4n) is 3.54. The van der Waals surface area contributed by atoms with Crippen LogP contribution in [0.15, 0.2) is 48.5 Å². The Kier molecular flexibility index (Phi) is 12.7. The fraction of sp³-hybridized carbons (Fsp3) is 0.440. The van der Waals surface area contributed by atoms with Gasteiger partial charge < -0.3 is 29.5 Å². The molecule has 0 aromatic heterocycles. The minimum absolute atomic E-state index is 0.0939. The van der Waals surface area contributed by atoms with E-state index in [1.165, 1.54) is 24.3 Å². The lowest BCUT2D eigenvalue weighted by atomic mass is 10.1. The van der Waals surface area contributed by atoms with Crippen molar-refractivity contribution in [2.45, 2.75) is 58.8 Å². The van der Waals surface area contributed by atoms with Crippen molar-refractivity contribution >= 4 is 49.0 Å². The summed E-state index contributed by atoms with van der Waals surface area (Å²) in [7, 11) is -7.65. The second-order valence-electron chi connectivity index (χ2n) is 8.33. The summed E-state index contributed by atoms with van der Waals surface area (Å²) in [6, 6.07) is 12.1.